The molecule has 5 N–H and O–H groups in total. The molecular weight excluding hydrogens is 255 g/mol. The van der Waals surface area contributed by atoms with Gasteiger partial charge in [0, 0.05) is 11.7 Å². The molecule has 2 unspecified atom stereocenters. The SMILES string of the molecule is CCC(C)CC(NN)c1cc(C(F)(F)F)ccc1N. The Morgan fingerprint density at radius 2 is 1.95 bits per heavy atom. The standard InChI is InChI=1S/C13H20F3N3/c1-3-8(2)6-12(19-18)10-7-9(13(14,15)16)4-5-11(10)17/h4-5,7-8,12,19H,3,6,17-18H2,1-2H3. The van der Waals surface area contributed by atoms with Gasteiger partial charge in [0.25, 0.3) is 0 Å². The summed E-state index contributed by atoms with van der Waals surface area (Å²) in [4.78, 5) is 0. The van der Waals surface area contributed by atoms with Crippen molar-refractivity contribution in [1.82, 2.24) is 5.43 Å². The van der Waals surface area contributed by atoms with E-state index in [1.54, 1.807) is 0 Å². The van der Waals surface area contributed by atoms with Gasteiger partial charge >= 0.3 is 6.18 Å². The maximum absolute atomic E-state index is 12.7. The molecule has 1 rings (SSSR count). The monoisotopic (exact) mass is 275 g/mol. The van der Waals surface area contributed by atoms with E-state index in [-0.39, 0.29) is 6.04 Å². The van der Waals surface area contributed by atoms with Gasteiger partial charge in [-0.15, -0.1) is 0 Å². The van der Waals surface area contributed by atoms with Crippen LogP contribution in [0.4, 0.5) is 18.9 Å². The van der Waals surface area contributed by atoms with Crippen LogP contribution in [0.5, 0.6) is 0 Å². The summed E-state index contributed by atoms with van der Waals surface area (Å²) in [7, 11) is 0. The number of nitrogens with two attached hydrogens (primary N) is 2. The number of nitrogens with one attached hydrogen (secondary N) is 1. The lowest BCUT2D eigenvalue weighted by Crippen LogP contribution is -2.30. The molecule has 6 heteroatoms. The van der Waals surface area contributed by atoms with E-state index in [2.05, 4.69) is 5.43 Å². The number of hydrogen-bond donors (Lipinski definition) is 3. The molecule has 1 aromatic carbocycles. The van der Waals surface area contributed by atoms with E-state index in [4.69, 9.17) is 11.6 Å². The van der Waals surface area contributed by atoms with Crippen LogP contribution < -0.4 is 17.0 Å². The minimum absolute atomic E-state index is 0.319. The first-order valence-electron chi connectivity index (χ1n) is 6.22. The second-order valence-electron chi connectivity index (χ2n) is 4.81. The molecule has 0 aromatic heterocycles. The van der Waals surface area contributed by atoms with Crippen molar-refractivity contribution in [2.24, 2.45) is 11.8 Å². The highest BCUT2D eigenvalue weighted by Crippen LogP contribution is 2.34. The quantitative estimate of drug-likeness (QED) is 0.439. The van der Waals surface area contributed by atoms with Crippen LogP contribution >= 0.6 is 0 Å². The predicted molar refractivity (Wildman–Crippen MR) is 70.0 cm³/mol. The second kappa shape index (κ2) is 6.25. The van der Waals surface area contributed by atoms with E-state index in [9.17, 15) is 13.2 Å². The number of alkyl halides is 3. The number of hydrazine groups is 1. The Labute approximate surface area is 111 Å². The van der Waals surface area contributed by atoms with E-state index in [0.29, 0.717) is 23.6 Å². The maximum Gasteiger partial charge on any atom is 0.416 e. The third-order valence-corrected chi connectivity index (χ3v) is 3.33. The first kappa shape index (κ1) is 15.8. The molecule has 0 bridgehead atoms. The van der Waals surface area contributed by atoms with Gasteiger partial charge in [0.05, 0.1) is 5.56 Å². The number of rotatable bonds is 5. The first-order chi connectivity index (χ1) is 8.79. The van der Waals surface area contributed by atoms with Gasteiger partial charge < -0.3 is 5.73 Å². The number of anilines is 1. The van der Waals surface area contributed by atoms with Crippen LogP contribution in [-0.4, -0.2) is 0 Å². The van der Waals surface area contributed by atoms with Crippen LogP contribution in [0.15, 0.2) is 18.2 Å². The third kappa shape index (κ3) is 4.11. The summed E-state index contributed by atoms with van der Waals surface area (Å²) < 4.78 is 38.1. The van der Waals surface area contributed by atoms with Crippen molar-refractivity contribution in [3.8, 4) is 0 Å². The van der Waals surface area contributed by atoms with Gasteiger partial charge in [-0.05, 0) is 36.1 Å². The van der Waals surface area contributed by atoms with Gasteiger partial charge in [-0.3, -0.25) is 11.3 Å². The summed E-state index contributed by atoms with van der Waals surface area (Å²) >= 11 is 0. The molecule has 0 heterocycles. The molecular formula is C13H20F3N3. The topological polar surface area (TPSA) is 64.1 Å². The van der Waals surface area contributed by atoms with Crippen molar-refractivity contribution >= 4 is 5.69 Å². The maximum atomic E-state index is 12.7. The molecule has 2 atom stereocenters. The summed E-state index contributed by atoms with van der Waals surface area (Å²) in [5, 5.41) is 0. The molecule has 0 saturated carbocycles. The van der Waals surface area contributed by atoms with Crippen molar-refractivity contribution in [2.45, 2.75) is 38.9 Å². The van der Waals surface area contributed by atoms with Gasteiger partial charge in [0.15, 0.2) is 0 Å². The smallest absolute Gasteiger partial charge is 0.398 e. The summed E-state index contributed by atoms with van der Waals surface area (Å²) in [5.74, 6) is 5.79. The Balaban J connectivity index is 3.09. The molecule has 1 aromatic rings. The fourth-order valence-corrected chi connectivity index (χ4v) is 1.91. The van der Waals surface area contributed by atoms with Gasteiger partial charge in [-0.1, -0.05) is 20.3 Å². The zero-order valence-corrected chi connectivity index (χ0v) is 11.1. The van der Waals surface area contributed by atoms with Crippen LogP contribution in [-0.2, 0) is 6.18 Å². The average Bonchev–Trinajstić information content (AvgIpc) is 2.35. The van der Waals surface area contributed by atoms with E-state index in [1.165, 1.54) is 6.07 Å². The summed E-state index contributed by atoms with van der Waals surface area (Å²) in [6, 6.07) is 2.95. The molecule has 3 nitrogen and oxygen atoms in total. The average molecular weight is 275 g/mol. The Morgan fingerprint density at radius 1 is 1.32 bits per heavy atom. The lowest BCUT2D eigenvalue weighted by molar-refractivity contribution is -0.137. The number of halogens is 3. The Bertz CT molecular complexity index is 418. The zero-order chi connectivity index (χ0) is 14.6. The molecule has 0 aliphatic heterocycles. The van der Waals surface area contributed by atoms with E-state index in [1.807, 2.05) is 13.8 Å². The van der Waals surface area contributed by atoms with Crippen LogP contribution in [0.2, 0.25) is 0 Å². The molecule has 108 valence electrons. The highest BCUT2D eigenvalue weighted by Gasteiger charge is 2.31. The van der Waals surface area contributed by atoms with Crippen molar-refractivity contribution in [3.05, 3.63) is 29.3 Å². The van der Waals surface area contributed by atoms with Crippen LogP contribution in [0.3, 0.4) is 0 Å². The number of benzene rings is 1. The Morgan fingerprint density at radius 3 is 2.42 bits per heavy atom. The van der Waals surface area contributed by atoms with Crippen molar-refractivity contribution in [2.75, 3.05) is 5.73 Å². The molecule has 0 amide bonds. The molecule has 0 aliphatic rings. The highest BCUT2D eigenvalue weighted by atomic mass is 19.4. The third-order valence-electron chi connectivity index (χ3n) is 3.33. The Kier molecular flexibility index (Phi) is 5.20. The van der Waals surface area contributed by atoms with Crippen LogP contribution in [0.1, 0.15) is 43.9 Å². The fraction of sp³-hybridized carbons (Fsp3) is 0.538. The van der Waals surface area contributed by atoms with Gasteiger partial charge in [0.2, 0.25) is 0 Å². The minimum atomic E-state index is -4.38. The van der Waals surface area contributed by atoms with Crippen molar-refractivity contribution < 1.29 is 13.2 Å². The summed E-state index contributed by atoms with van der Waals surface area (Å²) in [5.41, 5.74) is 8.33. The minimum Gasteiger partial charge on any atom is -0.398 e. The van der Waals surface area contributed by atoms with E-state index in [0.717, 1.165) is 18.6 Å². The number of hydrogen-bond acceptors (Lipinski definition) is 3. The molecule has 0 spiro atoms. The lowest BCUT2D eigenvalue weighted by Gasteiger charge is -2.22. The van der Waals surface area contributed by atoms with Crippen LogP contribution in [0.25, 0.3) is 0 Å². The van der Waals surface area contributed by atoms with Crippen molar-refractivity contribution in [3.63, 3.8) is 0 Å². The second-order valence-corrected chi connectivity index (χ2v) is 4.81. The van der Waals surface area contributed by atoms with Gasteiger partial charge in [-0.2, -0.15) is 13.2 Å². The summed E-state index contributed by atoms with van der Waals surface area (Å²) in [6.07, 6.45) is -2.81. The molecule has 0 fully saturated rings. The highest BCUT2D eigenvalue weighted by molar-refractivity contribution is 5.50. The van der Waals surface area contributed by atoms with Gasteiger partial charge in [0.1, 0.15) is 0 Å². The zero-order valence-electron chi connectivity index (χ0n) is 11.1. The van der Waals surface area contributed by atoms with Gasteiger partial charge in [-0.25, -0.2) is 0 Å². The Hall–Kier alpha value is -1.27. The first-order valence-corrected chi connectivity index (χ1v) is 6.22. The number of nitrogen functional groups attached to an aromatic ring is 1. The normalized spacial score (nSPS) is 15.3. The molecule has 0 aliphatic carbocycles. The largest absolute Gasteiger partial charge is 0.416 e. The molecule has 0 saturated heterocycles. The van der Waals surface area contributed by atoms with E-state index < -0.39 is 11.7 Å². The van der Waals surface area contributed by atoms with E-state index >= 15 is 0 Å². The fourth-order valence-electron chi connectivity index (χ4n) is 1.91. The summed E-state index contributed by atoms with van der Waals surface area (Å²) in [6.45, 7) is 4.04. The van der Waals surface area contributed by atoms with Crippen LogP contribution in [0, 0.1) is 5.92 Å². The predicted octanol–water partition coefficient (Wildman–Crippen LogP) is 3.23. The molecule has 0 radical (unpaired) electrons. The lowest BCUT2D eigenvalue weighted by atomic mass is 9.92. The van der Waals surface area contributed by atoms with Crippen molar-refractivity contribution in [1.29, 1.82) is 0 Å². The molecule has 19 heavy (non-hydrogen) atoms.